The van der Waals surface area contributed by atoms with Crippen LogP contribution < -0.4 is 14.8 Å². The molecule has 0 spiro atoms. The van der Waals surface area contributed by atoms with E-state index in [9.17, 15) is 18.4 Å². The Kier molecular flexibility index (Phi) is 7.74. The van der Waals surface area contributed by atoms with Gasteiger partial charge in [0.05, 0.1) is 5.69 Å². The van der Waals surface area contributed by atoms with Crippen LogP contribution in [0.5, 0.6) is 11.5 Å². The topological polar surface area (TPSA) is 73.9 Å². The van der Waals surface area contributed by atoms with E-state index in [0.29, 0.717) is 5.75 Å². The van der Waals surface area contributed by atoms with Crippen LogP contribution in [-0.2, 0) is 19.7 Å². The molecule has 2 aromatic rings. The minimum atomic E-state index is -3.03. The SMILES string of the molecule is C[C@@H](Oc1ccc(C(C)(C)C)cc1)C(=O)OCC(=O)Nc1ccccc1OC(F)F. The van der Waals surface area contributed by atoms with Crippen LogP contribution in [0.2, 0.25) is 0 Å². The van der Waals surface area contributed by atoms with Gasteiger partial charge in [-0.3, -0.25) is 4.79 Å². The van der Waals surface area contributed by atoms with Crippen LogP contribution in [0.3, 0.4) is 0 Å². The van der Waals surface area contributed by atoms with Gasteiger partial charge >= 0.3 is 12.6 Å². The lowest BCUT2D eigenvalue weighted by Crippen LogP contribution is -2.29. The first-order chi connectivity index (χ1) is 14.1. The number of halogens is 2. The summed E-state index contributed by atoms with van der Waals surface area (Å²) in [6.45, 7) is 4.14. The summed E-state index contributed by atoms with van der Waals surface area (Å²) in [7, 11) is 0. The van der Waals surface area contributed by atoms with Gasteiger partial charge in [0.1, 0.15) is 11.5 Å². The van der Waals surface area contributed by atoms with Gasteiger partial charge in [-0.15, -0.1) is 0 Å². The number of alkyl halides is 2. The molecule has 0 aromatic heterocycles. The molecule has 0 aliphatic carbocycles. The third-order valence-corrected chi connectivity index (χ3v) is 4.09. The highest BCUT2D eigenvalue weighted by atomic mass is 19.3. The molecule has 0 aliphatic heterocycles. The van der Waals surface area contributed by atoms with Gasteiger partial charge in [0, 0.05) is 0 Å². The zero-order valence-electron chi connectivity index (χ0n) is 17.3. The second-order valence-corrected chi connectivity index (χ2v) is 7.57. The van der Waals surface area contributed by atoms with Crippen molar-refractivity contribution >= 4 is 17.6 Å². The predicted octanol–water partition coefficient (Wildman–Crippen LogP) is 4.53. The number of esters is 1. The monoisotopic (exact) mass is 421 g/mol. The number of amides is 1. The third-order valence-electron chi connectivity index (χ3n) is 4.09. The lowest BCUT2D eigenvalue weighted by atomic mass is 9.87. The van der Waals surface area contributed by atoms with Crippen molar-refractivity contribution in [1.82, 2.24) is 0 Å². The first-order valence-electron chi connectivity index (χ1n) is 9.34. The second-order valence-electron chi connectivity index (χ2n) is 7.57. The summed E-state index contributed by atoms with van der Waals surface area (Å²) in [5, 5.41) is 2.36. The molecule has 0 radical (unpaired) electrons. The minimum Gasteiger partial charge on any atom is -0.479 e. The Hall–Kier alpha value is -3.16. The van der Waals surface area contributed by atoms with Crippen LogP contribution in [0.1, 0.15) is 33.3 Å². The highest BCUT2D eigenvalue weighted by molar-refractivity contribution is 5.94. The highest BCUT2D eigenvalue weighted by Gasteiger charge is 2.19. The highest BCUT2D eigenvalue weighted by Crippen LogP contribution is 2.26. The number of hydrogen-bond donors (Lipinski definition) is 1. The summed E-state index contributed by atoms with van der Waals surface area (Å²) in [6.07, 6.45) is -0.937. The predicted molar refractivity (Wildman–Crippen MR) is 108 cm³/mol. The van der Waals surface area contributed by atoms with Crippen LogP contribution >= 0.6 is 0 Å². The first-order valence-corrected chi connectivity index (χ1v) is 9.34. The number of hydrogen-bond acceptors (Lipinski definition) is 5. The number of nitrogens with one attached hydrogen (secondary N) is 1. The van der Waals surface area contributed by atoms with Gasteiger partial charge in [-0.1, -0.05) is 45.0 Å². The Morgan fingerprint density at radius 3 is 2.23 bits per heavy atom. The minimum absolute atomic E-state index is 0.00455. The van der Waals surface area contributed by atoms with Gasteiger partial charge in [-0.05, 0) is 42.2 Å². The molecular weight excluding hydrogens is 396 g/mol. The van der Waals surface area contributed by atoms with E-state index < -0.39 is 31.2 Å². The van der Waals surface area contributed by atoms with E-state index in [-0.39, 0.29) is 16.9 Å². The summed E-state index contributed by atoms with van der Waals surface area (Å²) in [4.78, 5) is 24.1. The van der Waals surface area contributed by atoms with Crippen molar-refractivity contribution in [1.29, 1.82) is 0 Å². The van der Waals surface area contributed by atoms with E-state index in [1.54, 1.807) is 18.2 Å². The number of ether oxygens (including phenoxy) is 3. The smallest absolute Gasteiger partial charge is 0.387 e. The van der Waals surface area contributed by atoms with Crippen molar-refractivity contribution in [2.45, 2.75) is 45.8 Å². The van der Waals surface area contributed by atoms with E-state index in [1.807, 2.05) is 12.1 Å². The van der Waals surface area contributed by atoms with E-state index in [2.05, 4.69) is 30.8 Å². The quantitative estimate of drug-likeness (QED) is 0.634. The zero-order valence-corrected chi connectivity index (χ0v) is 17.3. The van der Waals surface area contributed by atoms with Crippen LogP contribution in [0, 0.1) is 0 Å². The summed E-state index contributed by atoms with van der Waals surface area (Å²) < 4.78 is 39.7. The fourth-order valence-electron chi connectivity index (χ4n) is 2.49. The molecular formula is C22H25F2NO5. The molecule has 1 atom stereocenters. The normalized spacial score (nSPS) is 12.2. The summed E-state index contributed by atoms with van der Waals surface area (Å²) >= 11 is 0. The Balaban J connectivity index is 1.85. The van der Waals surface area contributed by atoms with Crippen molar-refractivity contribution in [2.24, 2.45) is 0 Å². The van der Waals surface area contributed by atoms with E-state index in [1.165, 1.54) is 25.1 Å². The van der Waals surface area contributed by atoms with E-state index in [0.717, 1.165) is 5.56 Å². The lowest BCUT2D eigenvalue weighted by Gasteiger charge is -2.20. The number of para-hydroxylation sites is 2. The molecule has 2 aromatic carbocycles. The first kappa shape index (κ1) is 23.1. The molecule has 6 nitrogen and oxygen atoms in total. The molecule has 30 heavy (non-hydrogen) atoms. The maximum atomic E-state index is 12.4. The summed E-state index contributed by atoms with van der Waals surface area (Å²) in [6, 6.07) is 13.1. The van der Waals surface area contributed by atoms with Crippen LogP contribution in [0.15, 0.2) is 48.5 Å². The molecule has 0 heterocycles. The molecule has 0 fully saturated rings. The van der Waals surface area contributed by atoms with Gasteiger partial charge in [-0.25, -0.2) is 4.79 Å². The van der Waals surface area contributed by atoms with Gasteiger partial charge in [0.2, 0.25) is 0 Å². The Morgan fingerprint density at radius 2 is 1.63 bits per heavy atom. The van der Waals surface area contributed by atoms with Gasteiger partial charge in [-0.2, -0.15) is 8.78 Å². The number of benzene rings is 2. The van der Waals surface area contributed by atoms with E-state index >= 15 is 0 Å². The van der Waals surface area contributed by atoms with Crippen molar-refractivity contribution in [3.05, 3.63) is 54.1 Å². The number of anilines is 1. The molecule has 1 amide bonds. The fourth-order valence-corrected chi connectivity index (χ4v) is 2.49. The molecule has 0 aliphatic rings. The summed E-state index contributed by atoms with van der Waals surface area (Å²) in [5.74, 6) is -1.13. The number of carbonyl (C=O) groups excluding carboxylic acids is 2. The van der Waals surface area contributed by atoms with Crippen molar-refractivity contribution in [3.8, 4) is 11.5 Å². The standard InChI is InChI=1S/C22H25F2NO5/c1-14(29-16-11-9-15(10-12-16)22(2,3)4)20(27)28-13-19(26)25-17-7-5-6-8-18(17)30-21(23)24/h5-12,14,21H,13H2,1-4H3,(H,25,26)/t14-/m1/s1. The van der Waals surface area contributed by atoms with Gasteiger partial charge < -0.3 is 19.5 Å². The van der Waals surface area contributed by atoms with Crippen LogP contribution in [0.25, 0.3) is 0 Å². The zero-order chi connectivity index (χ0) is 22.3. The van der Waals surface area contributed by atoms with Crippen LogP contribution in [0.4, 0.5) is 14.5 Å². The maximum Gasteiger partial charge on any atom is 0.387 e. The largest absolute Gasteiger partial charge is 0.479 e. The lowest BCUT2D eigenvalue weighted by molar-refractivity contribution is -0.153. The van der Waals surface area contributed by atoms with Gasteiger partial charge in [0.15, 0.2) is 12.7 Å². The second kappa shape index (κ2) is 10.0. The Bertz CT molecular complexity index is 863. The molecule has 0 unspecified atom stereocenters. The molecule has 162 valence electrons. The van der Waals surface area contributed by atoms with E-state index in [4.69, 9.17) is 9.47 Å². The molecule has 1 N–H and O–H groups in total. The Labute approximate surface area is 174 Å². The molecule has 0 bridgehead atoms. The molecule has 0 saturated carbocycles. The average Bonchev–Trinajstić information content (AvgIpc) is 2.67. The number of carbonyl (C=O) groups is 2. The van der Waals surface area contributed by atoms with Gasteiger partial charge in [0.25, 0.3) is 5.91 Å². The summed E-state index contributed by atoms with van der Waals surface area (Å²) in [5.41, 5.74) is 1.16. The van der Waals surface area contributed by atoms with Crippen molar-refractivity contribution < 1.29 is 32.6 Å². The molecule has 0 saturated heterocycles. The molecule has 2 rings (SSSR count). The van der Waals surface area contributed by atoms with Crippen molar-refractivity contribution in [2.75, 3.05) is 11.9 Å². The van der Waals surface area contributed by atoms with Crippen molar-refractivity contribution in [3.63, 3.8) is 0 Å². The fraction of sp³-hybridized carbons (Fsp3) is 0.364. The number of rotatable bonds is 8. The third kappa shape index (κ3) is 7.02. The average molecular weight is 421 g/mol. The molecule has 8 heteroatoms. The van der Waals surface area contributed by atoms with Crippen LogP contribution in [-0.4, -0.2) is 31.2 Å². The Morgan fingerprint density at radius 1 is 1.00 bits per heavy atom. The maximum absolute atomic E-state index is 12.4.